The minimum atomic E-state index is -4.62. The predicted octanol–water partition coefficient (Wildman–Crippen LogP) is 3.69. The molecule has 0 aromatic heterocycles. The van der Waals surface area contributed by atoms with Gasteiger partial charge in [0.15, 0.2) is 6.10 Å². The average Bonchev–Trinajstić information content (AvgIpc) is 2.70. The van der Waals surface area contributed by atoms with Crippen molar-refractivity contribution in [3.63, 3.8) is 0 Å². The van der Waals surface area contributed by atoms with Gasteiger partial charge in [0.05, 0.1) is 16.9 Å². The van der Waals surface area contributed by atoms with E-state index in [1.807, 2.05) is 0 Å². The molecule has 3 rings (SSSR count). The molecular weight excluding hydrogens is 420 g/mol. The van der Waals surface area contributed by atoms with Gasteiger partial charge in [-0.15, -0.1) is 0 Å². The number of hydrogen-bond donors (Lipinski definition) is 1. The normalized spacial score (nSPS) is 14.5. The second-order valence-corrected chi connectivity index (χ2v) is 6.93. The van der Waals surface area contributed by atoms with Crippen LogP contribution in [-0.4, -0.2) is 30.4 Å². The largest absolute Gasteiger partial charge is 0.453 e. The first-order valence-corrected chi connectivity index (χ1v) is 9.31. The fraction of sp³-hybridized carbons (Fsp3) is 0.286. The third-order valence-electron chi connectivity index (χ3n) is 4.67. The quantitative estimate of drug-likeness (QED) is 0.571. The Labute approximate surface area is 174 Å². The number of anilines is 2. The molecule has 1 aliphatic rings. The first-order valence-electron chi connectivity index (χ1n) is 9.31. The number of nitrogens with one attached hydrogen (secondary N) is 1. The third-order valence-corrected chi connectivity index (χ3v) is 4.67. The lowest BCUT2D eigenvalue weighted by atomic mass is 10.1. The Morgan fingerprint density at radius 2 is 1.90 bits per heavy atom. The van der Waals surface area contributed by atoms with Crippen LogP contribution >= 0.6 is 0 Å². The van der Waals surface area contributed by atoms with Crippen LogP contribution in [0.15, 0.2) is 42.5 Å². The molecule has 0 radical (unpaired) electrons. The molecule has 2 aromatic rings. The highest BCUT2D eigenvalue weighted by molar-refractivity contribution is 6.11. The Morgan fingerprint density at radius 3 is 2.58 bits per heavy atom. The lowest BCUT2D eigenvalue weighted by Gasteiger charge is -2.31. The molecule has 2 amide bonds. The number of nitrogens with zero attached hydrogens (tertiary/aromatic N) is 1. The van der Waals surface area contributed by atoms with Crippen LogP contribution in [0.1, 0.15) is 24.5 Å². The summed E-state index contributed by atoms with van der Waals surface area (Å²) in [4.78, 5) is 37.7. The molecule has 10 heteroatoms. The summed E-state index contributed by atoms with van der Waals surface area (Å²) in [5.41, 5.74) is -0.765. The number of alkyl halides is 3. The first-order chi connectivity index (χ1) is 14.6. The summed E-state index contributed by atoms with van der Waals surface area (Å²) >= 11 is 0. The number of carbonyl (C=O) groups excluding carboxylic acids is 3. The smallest absolute Gasteiger partial charge is 0.416 e. The van der Waals surface area contributed by atoms with Crippen LogP contribution in [0.25, 0.3) is 0 Å². The molecule has 1 unspecified atom stereocenters. The van der Waals surface area contributed by atoms with Gasteiger partial charge in [0, 0.05) is 6.42 Å². The fourth-order valence-corrected chi connectivity index (χ4v) is 3.13. The Morgan fingerprint density at radius 1 is 1.19 bits per heavy atom. The number of ether oxygens (including phenoxy) is 1. The summed E-state index contributed by atoms with van der Waals surface area (Å²) in [7, 11) is 0. The summed E-state index contributed by atoms with van der Waals surface area (Å²) in [6, 6.07) is 8.52. The molecule has 2 aromatic carbocycles. The molecule has 1 heterocycles. The number of halogens is 4. The van der Waals surface area contributed by atoms with Gasteiger partial charge in [-0.25, -0.2) is 4.39 Å². The van der Waals surface area contributed by atoms with E-state index in [2.05, 4.69) is 5.32 Å². The predicted molar refractivity (Wildman–Crippen MR) is 103 cm³/mol. The lowest BCUT2D eigenvalue weighted by molar-refractivity contribution is -0.153. The summed E-state index contributed by atoms with van der Waals surface area (Å²) in [5, 5.41) is 2.30. The zero-order valence-corrected chi connectivity index (χ0v) is 16.3. The highest BCUT2D eigenvalue weighted by atomic mass is 19.4. The van der Waals surface area contributed by atoms with Crippen molar-refractivity contribution in [3.05, 3.63) is 59.4 Å². The van der Waals surface area contributed by atoms with Crippen LogP contribution < -0.4 is 10.2 Å². The average molecular weight is 438 g/mol. The van der Waals surface area contributed by atoms with Gasteiger partial charge in [-0.3, -0.25) is 19.3 Å². The molecule has 0 saturated carbocycles. The Bertz CT molecular complexity index is 1020. The van der Waals surface area contributed by atoms with Gasteiger partial charge in [0.2, 0.25) is 5.91 Å². The van der Waals surface area contributed by atoms with Crippen LogP contribution in [0.4, 0.5) is 28.9 Å². The molecule has 164 valence electrons. The molecule has 0 fully saturated rings. The molecule has 6 nitrogen and oxygen atoms in total. The standard InChI is InChI=1S/C21H18F4N2O4/c1-12(31-19(29)9-6-13-4-2-3-5-15(13)22)20(30)27-11-18(28)26-16-10-14(21(23,24)25)7-8-17(16)27/h2-5,7-8,10,12H,6,9,11H2,1H3,(H,26,28). The van der Waals surface area contributed by atoms with Gasteiger partial charge in [0.25, 0.3) is 5.91 Å². The van der Waals surface area contributed by atoms with E-state index in [4.69, 9.17) is 4.74 Å². The lowest BCUT2D eigenvalue weighted by Crippen LogP contribution is -2.47. The SMILES string of the molecule is CC(OC(=O)CCc1ccccc1F)C(=O)N1CC(=O)Nc2cc(C(F)(F)F)ccc21. The number of rotatable bonds is 5. The highest BCUT2D eigenvalue weighted by Gasteiger charge is 2.35. The molecule has 1 aliphatic heterocycles. The Balaban J connectivity index is 1.68. The Hall–Kier alpha value is -3.43. The van der Waals surface area contributed by atoms with Crippen molar-refractivity contribution in [2.24, 2.45) is 0 Å². The molecule has 31 heavy (non-hydrogen) atoms. The van der Waals surface area contributed by atoms with Crippen molar-refractivity contribution in [2.45, 2.75) is 32.0 Å². The van der Waals surface area contributed by atoms with E-state index in [1.54, 1.807) is 6.07 Å². The molecular formula is C21H18F4N2O4. The monoisotopic (exact) mass is 438 g/mol. The van der Waals surface area contributed by atoms with E-state index in [0.29, 0.717) is 5.56 Å². The maximum Gasteiger partial charge on any atom is 0.416 e. The van der Waals surface area contributed by atoms with Crippen LogP contribution in [0.3, 0.4) is 0 Å². The third kappa shape index (κ3) is 5.19. The first kappa shape index (κ1) is 22.3. The number of benzene rings is 2. The fourth-order valence-electron chi connectivity index (χ4n) is 3.13. The summed E-state index contributed by atoms with van der Waals surface area (Å²) in [6.45, 7) is 0.855. The van der Waals surface area contributed by atoms with Crippen molar-refractivity contribution in [1.82, 2.24) is 0 Å². The highest BCUT2D eigenvalue weighted by Crippen LogP contribution is 2.37. The van der Waals surface area contributed by atoms with E-state index in [0.717, 1.165) is 23.1 Å². The number of esters is 1. The summed E-state index contributed by atoms with van der Waals surface area (Å²) in [6.07, 6.45) is -6.02. The van der Waals surface area contributed by atoms with Crippen molar-refractivity contribution in [3.8, 4) is 0 Å². The van der Waals surface area contributed by atoms with Crippen molar-refractivity contribution in [1.29, 1.82) is 0 Å². The minimum Gasteiger partial charge on any atom is -0.453 e. The topological polar surface area (TPSA) is 75.7 Å². The second kappa shape index (κ2) is 8.75. The number of hydrogen-bond acceptors (Lipinski definition) is 4. The van der Waals surface area contributed by atoms with Crippen molar-refractivity contribution < 1.29 is 36.7 Å². The minimum absolute atomic E-state index is 0.0619. The van der Waals surface area contributed by atoms with Gasteiger partial charge < -0.3 is 10.1 Å². The maximum atomic E-state index is 13.6. The van der Waals surface area contributed by atoms with Crippen LogP contribution in [0.2, 0.25) is 0 Å². The maximum absolute atomic E-state index is 13.6. The number of aryl methyl sites for hydroxylation is 1. The van der Waals surface area contributed by atoms with E-state index in [1.165, 1.54) is 25.1 Å². The molecule has 1 atom stereocenters. The van der Waals surface area contributed by atoms with E-state index >= 15 is 0 Å². The van der Waals surface area contributed by atoms with Crippen LogP contribution in [0.5, 0.6) is 0 Å². The summed E-state index contributed by atoms with van der Waals surface area (Å²) in [5.74, 6) is -2.67. The van der Waals surface area contributed by atoms with Gasteiger partial charge in [0.1, 0.15) is 12.4 Å². The van der Waals surface area contributed by atoms with Gasteiger partial charge in [-0.2, -0.15) is 13.2 Å². The van der Waals surface area contributed by atoms with Gasteiger partial charge in [-0.1, -0.05) is 18.2 Å². The van der Waals surface area contributed by atoms with Crippen molar-refractivity contribution >= 4 is 29.2 Å². The van der Waals surface area contributed by atoms with E-state index < -0.39 is 48.0 Å². The number of fused-ring (bicyclic) bond motifs is 1. The zero-order valence-electron chi connectivity index (χ0n) is 16.3. The zero-order chi connectivity index (χ0) is 22.8. The second-order valence-electron chi connectivity index (χ2n) is 6.93. The number of carbonyl (C=O) groups is 3. The van der Waals surface area contributed by atoms with E-state index in [-0.39, 0.29) is 24.2 Å². The Kier molecular flexibility index (Phi) is 6.28. The van der Waals surface area contributed by atoms with Crippen LogP contribution in [0, 0.1) is 5.82 Å². The van der Waals surface area contributed by atoms with Gasteiger partial charge >= 0.3 is 12.1 Å². The van der Waals surface area contributed by atoms with Crippen molar-refractivity contribution in [2.75, 3.05) is 16.8 Å². The molecule has 1 N–H and O–H groups in total. The molecule has 0 aliphatic carbocycles. The van der Waals surface area contributed by atoms with Gasteiger partial charge in [-0.05, 0) is 43.2 Å². The van der Waals surface area contributed by atoms with E-state index in [9.17, 15) is 31.9 Å². The number of amides is 2. The van der Waals surface area contributed by atoms with Crippen LogP contribution in [-0.2, 0) is 31.7 Å². The molecule has 0 bridgehead atoms. The summed E-state index contributed by atoms with van der Waals surface area (Å²) < 4.78 is 57.5. The molecule has 0 spiro atoms. The molecule has 0 saturated heterocycles.